The third-order valence-corrected chi connectivity index (χ3v) is 9.12. The van der Waals surface area contributed by atoms with Gasteiger partial charge in [-0.05, 0) is 67.6 Å². The van der Waals surface area contributed by atoms with E-state index in [4.69, 9.17) is 26.1 Å². The fourth-order valence-electron chi connectivity index (χ4n) is 7.10. The highest BCUT2D eigenvalue weighted by Crippen LogP contribution is 2.42. The van der Waals surface area contributed by atoms with Gasteiger partial charge in [-0.2, -0.15) is 9.97 Å². The number of phenols is 1. The van der Waals surface area contributed by atoms with Gasteiger partial charge >= 0.3 is 6.01 Å². The average molecular weight is 606 g/mol. The van der Waals surface area contributed by atoms with Crippen molar-refractivity contribution in [2.24, 2.45) is 0 Å². The van der Waals surface area contributed by atoms with Crippen LogP contribution in [0.3, 0.4) is 0 Å². The van der Waals surface area contributed by atoms with Gasteiger partial charge in [-0.25, -0.2) is 4.39 Å². The summed E-state index contributed by atoms with van der Waals surface area (Å²) in [4.78, 5) is 14.1. The lowest BCUT2D eigenvalue weighted by Crippen LogP contribution is -2.51. The van der Waals surface area contributed by atoms with E-state index in [1.54, 1.807) is 18.2 Å². The van der Waals surface area contributed by atoms with Crippen LogP contribution in [0.25, 0.3) is 32.8 Å². The van der Waals surface area contributed by atoms with E-state index in [0.717, 1.165) is 62.8 Å². The molecule has 3 aliphatic heterocycles. The third kappa shape index (κ3) is 5.71. The molecule has 2 N–H and O–H groups in total. The molecule has 3 aromatic carbocycles. The second-order valence-electron chi connectivity index (χ2n) is 12.2. The monoisotopic (exact) mass is 605 g/mol. The molecule has 3 saturated heterocycles. The molecule has 0 amide bonds. The lowest BCUT2D eigenvalue weighted by Gasteiger charge is -2.35. The van der Waals surface area contributed by atoms with E-state index in [0.29, 0.717) is 35.5 Å². The van der Waals surface area contributed by atoms with Gasteiger partial charge in [0, 0.05) is 55.8 Å². The van der Waals surface area contributed by atoms with Gasteiger partial charge in [-0.1, -0.05) is 35.9 Å². The number of morpholine rings is 1. The van der Waals surface area contributed by atoms with Crippen molar-refractivity contribution in [2.45, 2.75) is 57.4 Å². The molecule has 7 rings (SSSR count). The van der Waals surface area contributed by atoms with Gasteiger partial charge in [0.15, 0.2) is 5.82 Å². The van der Waals surface area contributed by atoms with E-state index < -0.39 is 5.82 Å². The summed E-state index contributed by atoms with van der Waals surface area (Å²) in [5.74, 6) is 0.125. The van der Waals surface area contributed by atoms with Crippen molar-refractivity contribution in [2.75, 3.05) is 44.2 Å². The molecule has 2 bridgehead atoms. The molecule has 8 nitrogen and oxygen atoms in total. The molecule has 1 aromatic heterocycles. The van der Waals surface area contributed by atoms with Crippen LogP contribution in [0.2, 0.25) is 5.02 Å². The Balaban J connectivity index is 1.26. The van der Waals surface area contributed by atoms with Crippen LogP contribution in [-0.4, -0.2) is 83.6 Å². The fraction of sp³-hybridized carbons (Fsp3) is 0.455. The van der Waals surface area contributed by atoms with Crippen LogP contribution >= 0.6 is 11.6 Å². The number of nitrogens with one attached hydrogen (secondary N) is 1. The Bertz CT molecular complexity index is 1650. The van der Waals surface area contributed by atoms with Crippen LogP contribution in [-0.2, 0) is 4.74 Å². The second-order valence-corrected chi connectivity index (χ2v) is 12.7. The highest BCUT2D eigenvalue weighted by molar-refractivity contribution is 6.35. The molecule has 4 atom stereocenters. The van der Waals surface area contributed by atoms with Crippen molar-refractivity contribution >= 4 is 39.1 Å². The Hall–Kier alpha value is -3.24. The Morgan fingerprint density at radius 1 is 1.02 bits per heavy atom. The zero-order chi connectivity index (χ0) is 29.7. The normalized spacial score (nSPS) is 24.2. The summed E-state index contributed by atoms with van der Waals surface area (Å²) in [5, 5.41) is 16.5. The Morgan fingerprint density at radius 2 is 1.77 bits per heavy atom. The Kier molecular flexibility index (Phi) is 7.75. The molecular formula is C33H37ClFN5O3. The first kappa shape index (κ1) is 28.5. The zero-order valence-corrected chi connectivity index (χ0v) is 25.3. The van der Waals surface area contributed by atoms with Gasteiger partial charge in [0.1, 0.15) is 17.1 Å². The number of hydrogen-bond acceptors (Lipinski definition) is 8. The van der Waals surface area contributed by atoms with Gasteiger partial charge < -0.3 is 24.8 Å². The second kappa shape index (κ2) is 11.7. The summed E-state index contributed by atoms with van der Waals surface area (Å²) >= 11 is 6.86. The largest absolute Gasteiger partial charge is 0.508 e. The summed E-state index contributed by atoms with van der Waals surface area (Å²) in [6.07, 6.45) is 3.42. The molecule has 3 fully saturated rings. The SMILES string of the molecule is C[C@@H]1CN(CCCOc2nc(N3CC4CCC(C3)N4)c3cc(Cl)c(-c4cc(O)cc5ccccc45)c(F)c3n2)C[C@H](C)O1. The van der Waals surface area contributed by atoms with Crippen molar-refractivity contribution in [3.05, 3.63) is 53.3 Å². The first-order valence-electron chi connectivity index (χ1n) is 15.3. The van der Waals surface area contributed by atoms with Gasteiger partial charge in [0.25, 0.3) is 0 Å². The highest BCUT2D eigenvalue weighted by atomic mass is 35.5. The van der Waals surface area contributed by atoms with Crippen LogP contribution in [0.5, 0.6) is 11.8 Å². The standard InChI is InChI=1S/C33H37ClFN5O3/c1-19-15-39(16-20(2)43-19)10-5-11-42-33-37-31-27(32(38-33)40-17-22-8-9-23(18-40)36-22)14-28(34)29(30(31)35)26-13-24(41)12-21-6-3-4-7-25(21)26/h3-4,6-7,12-14,19-20,22-23,36,41H,5,8-11,15-18H2,1-2H3/t19-,20+,22?,23?. The van der Waals surface area contributed by atoms with E-state index in [-0.39, 0.29) is 40.1 Å². The van der Waals surface area contributed by atoms with Crippen LogP contribution in [0.1, 0.15) is 33.1 Å². The van der Waals surface area contributed by atoms with Crippen LogP contribution < -0.4 is 15.0 Å². The maximum absolute atomic E-state index is 16.7. The van der Waals surface area contributed by atoms with Crippen molar-refractivity contribution in [3.63, 3.8) is 0 Å². The molecule has 0 radical (unpaired) electrons. The maximum Gasteiger partial charge on any atom is 0.319 e. The Morgan fingerprint density at radius 3 is 2.53 bits per heavy atom. The topological polar surface area (TPSA) is 83.0 Å². The summed E-state index contributed by atoms with van der Waals surface area (Å²) in [5.41, 5.74) is 0.873. The summed E-state index contributed by atoms with van der Waals surface area (Å²) in [7, 11) is 0. The van der Waals surface area contributed by atoms with Crippen LogP contribution in [0, 0.1) is 5.82 Å². The van der Waals surface area contributed by atoms with Crippen molar-refractivity contribution in [1.82, 2.24) is 20.2 Å². The number of hydrogen-bond donors (Lipinski definition) is 2. The van der Waals surface area contributed by atoms with Crippen molar-refractivity contribution in [1.29, 1.82) is 0 Å². The first-order valence-corrected chi connectivity index (χ1v) is 15.6. The third-order valence-electron chi connectivity index (χ3n) is 8.82. The minimum absolute atomic E-state index is 0.0389. The first-order chi connectivity index (χ1) is 20.8. The van der Waals surface area contributed by atoms with Crippen LogP contribution in [0.4, 0.5) is 10.2 Å². The highest BCUT2D eigenvalue weighted by Gasteiger charge is 2.34. The lowest BCUT2D eigenvalue weighted by molar-refractivity contribution is -0.0686. The summed E-state index contributed by atoms with van der Waals surface area (Å²) in [6.45, 7) is 8.81. The Labute approximate surface area is 255 Å². The van der Waals surface area contributed by atoms with E-state index in [1.165, 1.54) is 0 Å². The molecule has 0 spiro atoms. The number of fused-ring (bicyclic) bond motifs is 4. The van der Waals surface area contributed by atoms with E-state index in [1.807, 2.05) is 24.3 Å². The fourth-order valence-corrected chi connectivity index (χ4v) is 7.40. The van der Waals surface area contributed by atoms with Gasteiger partial charge in [0.2, 0.25) is 0 Å². The number of anilines is 1. The molecule has 3 aliphatic rings. The number of nitrogens with zero attached hydrogens (tertiary/aromatic N) is 4. The van der Waals surface area contributed by atoms with Crippen molar-refractivity contribution < 1.29 is 19.0 Å². The molecule has 43 heavy (non-hydrogen) atoms. The van der Waals surface area contributed by atoms with Gasteiger partial charge in [-0.15, -0.1) is 0 Å². The molecule has 226 valence electrons. The number of piperazine rings is 1. The minimum atomic E-state index is -0.554. The molecule has 10 heteroatoms. The van der Waals surface area contributed by atoms with Gasteiger partial charge in [-0.3, -0.25) is 4.90 Å². The van der Waals surface area contributed by atoms with E-state index >= 15 is 4.39 Å². The molecule has 2 unspecified atom stereocenters. The number of benzene rings is 3. The molecule has 4 aromatic rings. The van der Waals surface area contributed by atoms with Gasteiger partial charge in [0.05, 0.1) is 23.8 Å². The maximum atomic E-state index is 16.7. The van der Waals surface area contributed by atoms with E-state index in [9.17, 15) is 5.11 Å². The molecule has 0 saturated carbocycles. The predicted octanol–water partition coefficient (Wildman–Crippen LogP) is 5.77. The quantitative estimate of drug-likeness (QED) is 0.257. The molecular weight excluding hydrogens is 569 g/mol. The predicted molar refractivity (Wildman–Crippen MR) is 168 cm³/mol. The smallest absolute Gasteiger partial charge is 0.319 e. The minimum Gasteiger partial charge on any atom is -0.508 e. The number of halogens is 2. The summed E-state index contributed by atoms with van der Waals surface area (Å²) in [6, 6.07) is 13.4. The number of rotatable bonds is 7. The number of phenolic OH excluding ortho intramolecular Hbond substituents is 1. The number of aromatic nitrogens is 2. The lowest BCUT2D eigenvalue weighted by atomic mass is 9.96. The number of ether oxygens (including phenoxy) is 2. The molecule has 0 aliphatic carbocycles. The molecule has 4 heterocycles. The number of aromatic hydroxyl groups is 1. The van der Waals surface area contributed by atoms with E-state index in [2.05, 4.69) is 33.9 Å². The zero-order valence-electron chi connectivity index (χ0n) is 24.5. The van der Waals surface area contributed by atoms with Crippen molar-refractivity contribution in [3.8, 4) is 22.9 Å². The summed E-state index contributed by atoms with van der Waals surface area (Å²) < 4.78 is 28.7. The average Bonchev–Trinajstić information content (AvgIpc) is 3.31. The van der Waals surface area contributed by atoms with Crippen LogP contribution in [0.15, 0.2) is 42.5 Å².